The molecular formula is C19H29N5. The van der Waals surface area contributed by atoms with Crippen LogP contribution in [0.15, 0.2) is 24.5 Å². The normalized spacial score (nSPS) is 16.0. The number of hydrogen-bond acceptors (Lipinski definition) is 4. The van der Waals surface area contributed by atoms with Crippen LogP contribution in [0.2, 0.25) is 0 Å². The molecule has 1 aliphatic rings. The Morgan fingerprint density at radius 2 is 1.79 bits per heavy atom. The molecule has 0 bridgehead atoms. The zero-order valence-corrected chi connectivity index (χ0v) is 15.0. The van der Waals surface area contributed by atoms with E-state index in [-0.39, 0.29) is 0 Å². The van der Waals surface area contributed by atoms with Gasteiger partial charge in [0, 0.05) is 51.2 Å². The number of aryl methyl sites for hydroxylation is 1. The molecule has 2 aromatic rings. The Morgan fingerprint density at radius 1 is 1.04 bits per heavy atom. The van der Waals surface area contributed by atoms with Crippen LogP contribution < -0.4 is 10.2 Å². The van der Waals surface area contributed by atoms with Gasteiger partial charge in [0.05, 0.1) is 5.69 Å². The number of pyridine rings is 1. The second-order valence-corrected chi connectivity index (χ2v) is 6.70. The highest BCUT2D eigenvalue weighted by atomic mass is 15.2. The van der Waals surface area contributed by atoms with E-state index in [0.29, 0.717) is 0 Å². The third-order valence-corrected chi connectivity index (χ3v) is 4.96. The number of aromatic nitrogens is 3. The van der Waals surface area contributed by atoms with Gasteiger partial charge in [-0.05, 0) is 25.8 Å². The fraction of sp³-hybridized carbons (Fsp3) is 0.579. The van der Waals surface area contributed by atoms with E-state index in [9.17, 15) is 0 Å². The summed E-state index contributed by atoms with van der Waals surface area (Å²) in [6, 6.07) is 4.24. The molecule has 1 N–H and O–H groups in total. The molecule has 0 radical (unpaired) electrons. The van der Waals surface area contributed by atoms with Gasteiger partial charge < -0.3 is 14.8 Å². The van der Waals surface area contributed by atoms with Gasteiger partial charge in [-0.25, -0.2) is 9.97 Å². The fourth-order valence-corrected chi connectivity index (χ4v) is 3.35. The molecule has 1 saturated heterocycles. The first kappa shape index (κ1) is 17.0. The second-order valence-electron chi connectivity index (χ2n) is 6.70. The highest BCUT2D eigenvalue weighted by Crippen LogP contribution is 2.21. The molecule has 1 fully saturated rings. The molecule has 5 heteroatoms. The molecule has 1 aliphatic heterocycles. The van der Waals surface area contributed by atoms with E-state index in [1.165, 1.54) is 43.4 Å². The number of nitrogens with zero attached hydrogens (tertiary/aromatic N) is 4. The quantitative estimate of drug-likeness (QED) is 0.916. The smallest absolute Gasteiger partial charge is 0.133 e. The fourth-order valence-electron chi connectivity index (χ4n) is 3.35. The summed E-state index contributed by atoms with van der Waals surface area (Å²) < 4.78 is 2.13. The zero-order chi connectivity index (χ0) is 16.8. The Labute approximate surface area is 145 Å². The molecule has 2 aromatic heterocycles. The molecule has 3 heterocycles. The molecule has 0 spiro atoms. The van der Waals surface area contributed by atoms with E-state index >= 15 is 0 Å². The van der Waals surface area contributed by atoms with Crippen LogP contribution in [0.5, 0.6) is 0 Å². The van der Waals surface area contributed by atoms with Crippen LogP contribution in [-0.2, 0) is 20.1 Å². The van der Waals surface area contributed by atoms with Gasteiger partial charge in [-0.3, -0.25) is 0 Å². The zero-order valence-electron chi connectivity index (χ0n) is 15.0. The summed E-state index contributed by atoms with van der Waals surface area (Å²) in [6.45, 7) is 5.95. The van der Waals surface area contributed by atoms with Crippen molar-refractivity contribution in [2.45, 2.75) is 52.1 Å². The molecule has 3 rings (SSSR count). The van der Waals surface area contributed by atoms with Crippen LogP contribution in [0.25, 0.3) is 0 Å². The Bertz CT molecular complexity index is 641. The summed E-state index contributed by atoms with van der Waals surface area (Å²) in [5.41, 5.74) is 2.50. The largest absolute Gasteiger partial charge is 0.356 e. The van der Waals surface area contributed by atoms with Crippen molar-refractivity contribution in [1.29, 1.82) is 0 Å². The van der Waals surface area contributed by atoms with Crippen LogP contribution in [0, 0.1) is 6.92 Å². The molecule has 0 saturated carbocycles. The minimum Gasteiger partial charge on any atom is -0.356 e. The van der Waals surface area contributed by atoms with Gasteiger partial charge in [0.1, 0.15) is 11.6 Å². The molecule has 24 heavy (non-hydrogen) atoms. The number of nitrogens with one attached hydrogen (secondary N) is 1. The molecule has 0 amide bonds. The van der Waals surface area contributed by atoms with Crippen molar-refractivity contribution in [2.24, 2.45) is 7.05 Å². The van der Waals surface area contributed by atoms with Crippen molar-refractivity contribution in [1.82, 2.24) is 19.9 Å². The summed E-state index contributed by atoms with van der Waals surface area (Å²) >= 11 is 0. The second kappa shape index (κ2) is 8.29. The van der Waals surface area contributed by atoms with Crippen LogP contribution >= 0.6 is 0 Å². The Kier molecular flexibility index (Phi) is 5.86. The van der Waals surface area contributed by atoms with Crippen molar-refractivity contribution in [2.75, 3.05) is 18.0 Å². The lowest BCUT2D eigenvalue weighted by Crippen LogP contribution is -2.29. The summed E-state index contributed by atoms with van der Waals surface area (Å²) in [4.78, 5) is 11.5. The lowest BCUT2D eigenvalue weighted by molar-refractivity contribution is 0.551. The van der Waals surface area contributed by atoms with E-state index in [2.05, 4.69) is 32.9 Å². The van der Waals surface area contributed by atoms with E-state index < -0.39 is 0 Å². The third kappa shape index (κ3) is 4.15. The lowest BCUT2D eigenvalue weighted by atomic mass is 10.1. The van der Waals surface area contributed by atoms with Crippen molar-refractivity contribution in [3.63, 3.8) is 0 Å². The average molecular weight is 327 g/mol. The Balaban J connectivity index is 1.64. The Morgan fingerprint density at radius 3 is 2.50 bits per heavy atom. The van der Waals surface area contributed by atoms with Gasteiger partial charge in [0.2, 0.25) is 0 Å². The standard InChI is InChI=1S/C19H29N5/c1-16-22-15-18(23(16)2)14-20-13-17-9-8-10-21-19(17)24-11-6-4-3-5-7-12-24/h8-10,15,20H,3-7,11-14H2,1-2H3. The number of rotatable bonds is 5. The number of imidazole rings is 1. The first-order chi connectivity index (χ1) is 11.8. The van der Waals surface area contributed by atoms with Crippen molar-refractivity contribution < 1.29 is 0 Å². The van der Waals surface area contributed by atoms with Crippen LogP contribution in [0.1, 0.15) is 49.2 Å². The topological polar surface area (TPSA) is 46.0 Å². The maximum atomic E-state index is 4.69. The van der Waals surface area contributed by atoms with E-state index in [1.807, 2.05) is 25.4 Å². The highest BCUT2D eigenvalue weighted by molar-refractivity contribution is 5.46. The number of anilines is 1. The summed E-state index contributed by atoms with van der Waals surface area (Å²) in [6.07, 6.45) is 10.5. The highest BCUT2D eigenvalue weighted by Gasteiger charge is 2.14. The molecule has 0 aromatic carbocycles. The summed E-state index contributed by atoms with van der Waals surface area (Å²) in [5, 5.41) is 3.55. The maximum Gasteiger partial charge on any atom is 0.133 e. The predicted octanol–water partition coefficient (Wildman–Crippen LogP) is 3.18. The van der Waals surface area contributed by atoms with Gasteiger partial charge in [-0.15, -0.1) is 0 Å². The summed E-state index contributed by atoms with van der Waals surface area (Å²) in [5.74, 6) is 2.21. The van der Waals surface area contributed by atoms with Crippen LogP contribution in [0.4, 0.5) is 5.82 Å². The van der Waals surface area contributed by atoms with Gasteiger partial charge in [-0.2, -0.15) is 0 Å². The lowest BCUT2D eigenvalue weighted by Gasteiger charge is -2.27. The third-order valence-electron chi connectivity index (χ3n) is 4.96. The average Bonchev–Trinajstić information content (AvgIpc) is 2.88. The van der Waals surface area contributed by atoms with Gasteiger partial charge in [0.15, 0.2) is 0 Å². The first-order valence-electron chi connectivity index (χ1n) is 9.12. The first-order valence-corrected chi connectivity index (χ1v) is 9.12. The molecule has 0 atom stereocenters. The molecule has 5 nitrogen and oxygen atoms in total. The molecule has 0 aliphatic carbocycles. The van der Waals surface area contributed by atoms with E-state index in [0.717, 1.165) is 37.8 Å². The maximum absolute atomic E-state index is 4.69. The van der Waals surface area contributed by atoms with Gasteiger partial charge in [-0.1, -0.05) is 25.3 Å². The minimum atomic E-state index is 0.825. The predicted molar refractivity (Wildman–Crippen MR) is 98.0 cm³/mol. The van der Waals surface area contributed by atoms with Gasteiger partial charge in [0.25, 0.3) is 0 Å². The Hall–Kier alpha value is -1.88. The van der Waals surface area contributed by atoms with Crippen LogP contribution in [0.3, 0.4) is 0 Å². The monoisotopic (exact) mass is 327 g/mol. The van der Waals surface area contributed by atoms with E-state index in [4.69, 9.17) is 4.98 Å². The van der Waals surface area contributed by atoms with Crippen molar-refractivity contribution in [3.8, 4) is 0 Å². The van der Waals surface area contributed by atoms with Crippen molar-refractivity contribution in [3.05, 3.63) is 41.6 Å². The number of hydrogen-bond donors (Lipinski definition) is 1. The SMILES string of the molecule is Cc1ncc(CNCc2cccnc2N2CCCCCCC2)n1C. The molecular weight excluding hydrogens is 298 g/mol. The van der Waals surface area contributed by atoms with E-state index in [1.54, 1.807) is 0 Å². The van der Waals surface area contributed by atoms with Gasteiger partial charge >= 0.3 is 0 Å². The van der Waals surface area contributed by atoms with Crippen molar-refractivity contribution >= 4 is 5.82 Å². The summed E-state index contributed by atoms with van der Waals surface area (Å²) in [7, 11) is 2.06. The van der Waals surface area contributed by atoms with Crippen LogP contribution in [-0.4, -0.2) is 27.6 Å². The molecule has 0 unspecified atom stereocenters. The minimum absolute atomic E-state index is 0.825. The molecule has 130 valence electrons.